The zero-order chi connectivity index (χ0) is 24.3. The predicted molar refractivity (Wildman–Crippen MR) is 131 cm³/mol. The number of amides is 1. The summed E-state index contributed by atoms with van der Waals surface area (Å²) < 4.78 is 5.68. The van der Waals surface area contributed by atoms with Gasteiger partial charge >= 0.3 is 12.1 Å². The summed E-state index contributed by atoms with van der Waals surface area (Å²) in [6.07, 6.45) is 6.39. The number of anilines is 1. The number of carbonyl (C=O) groups is 2. The van der Waals surface area contributed by atoms with Crippen molar-refractivity contribution in [2.75, 3.05) is 31.1 Å². The van der Waals surface area contributed by atoms with E-state index >= 15 is 0 Å². The first-order chi connectivity index (χ1) is 16.2. The summed E-state index contributed by atoms with van der Waals surface area (Å²) in [5.41, 5.74) is 3.31. The van der Waals surface area contributed by atoms with Gasteiger partial charge in [-0.15, -0.1) is 0 Å². The van der Waals surface area contributed by atoms with Crippen LogP contribution in [0.3, 0.4) is 0 Å². The zero-order valence-electron chi connectivity index (χ0n) is 20.5. The number of carboxylic acid groups (broad SMARTS) is 1. The highest BCUT2D eigenvalue weighted by atomic mass is 16.5. The van der Waals surface area contributed by atoms with Crippen LogP contribution in [0.1, 0.15) is 61.5 Å². The van der Waals surface area contributed by atoms with E-state index in [2.05, 4.69) is 9.88 Å². The molecule has 3 heterocycles. The Morgan fingerprint density at radius 1 is 1.12 bits per heavy atom. The molecule has 0 saturated carbocycles. The van der Waals surface area contributed by atoms with Crippen LogP contribution in [0, 0.1) is 5.92 Å². The number of ether oxygens (including phenoxy) is 1. The fourth-order valence-electron chi connectivity index (χ4n) is 5.27. The molecule has 34 heavy (non-hydrogen) atoms. The van der Waals surface area contributed by atoms with Crippen LogP contribution in [0.2, 0.25) is 0 Å². The van der Waals surface area contributed by atoms with Crippen molar-refractivity contribution in [3.8, 4) is 0 Å². The molecule has 2 aliphatic heterocycles. The number of hydrogen-bond acceptors (Lipinski definition) is 5. The van der Waals surface area contributed by atoms with Gasteiger partial charge in [0.15, 0.2) is 0 Å². The molecule has 2 aliphatic rings. The molecule has 1 N–H and O–H groups in total. The second kappa shape index (κ2) is 9.74. The second-order valence-electron chi connectivity index (χ2n) is 10.6. The molecule has 0 aliphatic carbocycles. The summed E-state index contributed by atoms with van der Waals surface area (Å²) >= 11 is 0. The van der Waals surface area contributed by atoms with Crippen LogP contribution in [0.25, 0.3) is 0 Å². The fourth-order valence-corrected chi connectivity index (χ4v) is 5.27. The lowest BCUT2D eigenvalue weighted by molar-refractivity contribution is -0.915. The Kier molecular flexibility index (Phi) is 6.94. The first kappa shape index (κ1) is 24.2. The van der Waals surface area contributed by atoms with Crippen molar-refractivity contribution in [3.63, 3.8) is 0 Å². The van der Waals surface area contributed by atoms with Crippen LogP contribution < -0.4 is 4.90 Å². The lowest BCUT2D eigenvalue weighted by Gasteiger charge is -2.43. The molecule has 4 rings (SSSR count). The molecular formula is C27H36N3O4+. The molecule has 1 unspecified atom stereocenters. The molecule has 1 aromatic carbocycles. The number of quaternary nitrogens is 1. The average Bonchev–Trinajstić information content (AvgIpc) is 3.03. The average molecular weight is 467 g/mol. The zero-order valence-corrected chi connectivity index (χ0v) is 20.5. The summed E-state index contributed by atoms with van der Waals surface area (Å²) in [6.45, 7) is 9.17. The quantitative estimate of drug-likeness (QED) is 0.510. The largest absolute Gasteiger partial charge is 0.514 e. The number of pyridine rings is 1. The van der Waals surface area contributed by atoms with Crippen LogP contribution >= 0.6 is 0 Å². The second-order valence-corrected chi connectivity index (χ2v) is 10.6. The fraction of sp³-hybridized carbons (Fsp3) is 0.519. The Balaban J connectivity index is 1.39. The van der Waals surface area contributed by atoms with Gasteiger partial charge in [-0.05, 0) is 75.8 Å². The lowest BCUT2D eigenvalue weighted by Crippen LogP contribution is -2.62. The number of rotatable bonds is 4. The highest BCUT2D eigenvalue weighted by Gasteiger charge is 2.48. The molecule has 7 nitrogen and oxygen atoms in total. The molecular weight excluding hydrogens is 430 g/mol. The minimum atomic E-state index is -0.813. The maximum Gasteiger partial charge on any atom is 0.514 e. The number of piperidine rings is 1. The molecule has 1 atom stereocenters. The Labute approximate surface area is 201 Å². The lowest BCUT2D eigenvalue weighted by atomic mass is 9.97. The SMILES string of the molecule is CC(C)(C)[N+]1(C(=O)O)CCCc2ccc(C(=O)OCC3CCN(c4ccncc4)CC3)cc2C1. The third kappa shape index (κ3) is 4.94. The summed E-state index contributed by atoms with van der Waals surface area (Å²) in [5, 5.41) is 10.1. The number of hydrogen-bond donors (Lipinski definition) is 1. The van der Waals surface area contributed by atoms with E-state index in [-0.39, 0.29) is 10.5 Å². The highest BCUT2D eigenvalue weighted by Crippen LogP contribution is 2.34. The third-order valence-corrected chi connectivity index (χ3v) is 7.61. The minimum Gasteiger partial charge on any atom is -0.462 e. The summed E-state index contributed by atoms with van der Waals surface area (Å²) in [5.74, 6) is 0.0212. The van der Waals surface area contributed by atoms with Crippen molar-refractivity contribution < 1.29 is 23.9 Å². The van der Waals surface area contributed by atoms with E-state index in [1.807, 2.05) is 63.5 Å². The number of nitrogens with zero attached hydrogens (tertiary/aromatic N) is 3. The number of esters is 1. The minimum absolute atomic E-state index is 0.0332. The van der Waals surface area contributed by atoms with Gasteiger partial charge in [0, 0.05) is 43.2 Å². The van der Waals surface area contributed by atoms with Gasteiger partial charge in [0.25, 0.3) is 0 Å². The van der Waals surface area contributed by atoms with Gasteiger partial charge in [-0.3, -0.25) is 4.98 Å². The van der Waals surface area contributed by atoms with Gasteiger partial charge in [0.05, 0.1) is 18.7 Å². The first-order valence-corrected chi connectivity index (χ1v) is 12.2. The molecule has 1 aromatic heterocycles. The van der Waals surface area contributed by atoms with Crippen molar-refractivity contribution in [3.05, 3.63) is 59.4 Å². The molecule has 2 aromatic rings. The van der Waals surface area contributed by atoms with Crippen molar-refractivity contribution in [2.45, 2.75) is 58.5 Å². The predicted octanol–water partition coefficient (Wildman–Crippen LogP) is 4.89. The number of aromatic nitrogens is 1. The van der Waals surface area contributed by atoms with Gasteiger partial charge in [-0.1, -0.05) is 6.07 Å². The Morgan fingerprint density at radius 2 is 1.82 bits per heavy atom. The normalized spacial score (nSPS) is 21.4. The maximum absolute atomic E-state index is 12.9. The van der Waals surface area contributed by atoms with Crippen LogP contribution in [0.15, 0.2) is 42.7 Å². The summed E-state index contributed by atoms with van der Waals surface area (Å²) in [4.78, 5) is 31.7. The maximum atomic E-state index is 12.9. The van der Waals surface area contributed by atoms with E-state index in [9.17, 15) is 14.7 Å². The molecule has 182 valence electrons. The Bertz CT molecular complexity index is 1030. The molecule has 1 saturated heterocycles. The van der Waals surface area contributed by atoms with Crippen LogP contribution in [-0.4, -0.2) is 58.4 Å². The monoisotopic (exact) mass is 466 g/mol. The number of benzene rings is 1. The van der Waals surface area contributed by atoms with Gasteiger partial charge < -0.3 is 14.7 Å². The summed E-state index contributed by atoms with van der Waals surface area (Å²) in [6, 6.07) is 9.71. The van der Waals surface area contributed by atoms with Crippen LogP contribution in [0.4, 0.5) is 10.5 Å². The first-order valence-electron chi connectivity index (χ1n) is 12.2. The van der Waals surface area contributed by atoms with E-state index in [0.29, 0.717) is 31.2 Å². The molecule has 0 bridgehead atoms. The molecule has 1 amide bonds. The number of aryl methyl sites for hydroxylation is 1. The van der Waals surface area contributed by atoms with E-state index in [0.717, 1.165) is 49.9 Å². The summed E-state index contributed by atoms with van der Waals surface area (Å²) in [7, 11) is 0. The van der Waals surface area contributed by atoms with E-state index in [1.54, 1.807) is 0 Å². The van der Waals surface area contributed by atoms with E-state index in [1.165, 1.54) is 5.69 Å². The van der Waals surface area contributed by atoms with Gasteiger partial charge in [-0.25, -0.2) is 9.28 Å². The highest BCUT2D eigenvalue weighted by molar-refractivity contribution is 5.89. The van der Waals surface area contributed by atoms with Crippen molar-refractivity contribution in [1.29, 1.82) is 0 Å². The van der Waals surface area contributed by atoms with E-state index < -0.39 is 11.6 Å². The number of fused-ring (bicyclic) bond motifs is 1. The molecule has 0 radical (unpaired) electrons. The van der Waals surface area contributed by atoms with Gasteiger partial charge in [0.1, 0.15) is 12.1 Å². The van der Waals surface area contributed by atoms with Crippen molar-refractivity contribution in [1.82, 2.24) is 4.98 Å². The standard InChI is InChI=1S/C27H35N3O4/c1-27(2,3)30(26(32)33)16-4-5-21-6-7-22(17-23(21)18-30)25(31)34-19-20-10-14-29(15-11-20)24-8-12-28-13-9-24/h6-9,12-13,17,20H,4-5,10-11,14-16,18-19H2,1-3H3/p+1. The third-order valence-electron chi connectivity index (χ3n) is 7.61. The van der Waals surface area contributed by atoms with Gasteiger partial charge in [-0.2, -0.15) is 4.79 Å². The van der Waals surface area contributed by atoms with Crippen molar-refractivity contribution >= 4 is 17.7 Å². The van der Waals surface area contributed by atoms with Crippen LogP contribution in [0.5, 0.6) is 0 Å². The topological polar surface area (TPSA) is 79.7 Å². The molecule has 1 fully saturated rings. The van der Waals surface area contributed by atoms with E-state index in [4.69, 9.17) is 4.74 Å². The van der Waals surface area contributed by atoms with Gasteiger partial charge in [0.2, 0.25) is 0 Å². The van der Waals surface area contributed by atoms with Crippen molar-refractivity contribution in [2.24, 2.45) is 5.92 Å². The Hall–Kier alpha value is -2.93. The Morgan fingerprint density at radius 3 is 2.47 bits per heavy atom. The smallest absolute Gasteiger partial charge is 0.462 e. The number of carbonyl (C=O) groups excluding carboxylic acids is 1. The van der Waals surface area contributed by atoms with Crippen LogP contribution in [-0.2, 0) is 17.7 Å². The molecule has 0 spiro atoms. The molecule has 7 heteroatoms.